The molecule has 2 aromatic rings. The van der Waals surface area contributed by atoms with Crippen LogP contribution in [0.3, 0.4) is 0 Å². The zero-order valence-electron chi connectivity index (χ0n) is 12.2. The fourth-order valence-electron chi connectivity index (χ4n) is 1.97. The molecule has 0 saturated heterocycles. The van der Waals surface area contributed by atoms with Gasteiger partial charge < -0.3 is 10.1 Å². The van der Waals surface area contributed by atoms with Gasteiger partial charge in [0.1, 0.15) is 0 Å². The summed E-state index contributed by atoms with van der Waals surface area (Å²) in [6, 6.07) is 17.6. The topological polar surface area (TPSA) is 55.4 Å². The van der Waals surface area contributed by atoms with Crippen LogP contribution in [0, 0.1) is 0 Å². The van der Waals surface area contributed by atoms with Crippen molar-refractivity contribution in [3.63, 3.8) is 0 Å². The second kappa shape index (κ2) is 7.78. The minimum atomic E-state index is -0.820. The second-order valence-electron chi connectivity index (χ2n) is 4.62. The zero-order chi connectivity index (χ0) is 15.8. The van der Waals surface area contributed by atoms with Gasteiger partial charge in [-0.1, -0.05) is 60.7 Å². The fourth-order valence-corrected chi connectivity index (χ4v) is 1.97. The van der Waals surface area contributed by atoms with Gasteiger partial charge in [0.05, 0.1) is 7.11 Å². The molecule has 0 aliphatic heterocycles. The van der Waals surface area contributed by atoms with Crippen molar-refractivity contribution >= 4 is 18.0 Å². The first-order valence-corrected chi connectivity index (χ1v) is 6.87. The molecule has 0 aliphatic carbocycles. The Morgan fingerprint density at radius 3 is 2.18 bits per heavy atom. The number of ether oxygens (including phenoxy) is 1. The number of carbonyl (C=O) groups excluding carboxylic acids is 2. The number of hydrogen-bond donors (Lipinski definition) is 1. The van der Waals surface area contributed by atoms with E-state index in [9.17, 15) is 9.59 Å². The molecule has 0 fully saturated rings. The van der Waals surface area contributed by atoms with Crippen molar-refractivity contribution in [1.82, 2.24) is 5.32 Å². The number of carbonyl (C=O) groups is 2. The highest BCUT2D eigenvalue weighted by Gasteiger charge is 2.22. The SMILES string of the molecule is COC(=O)C(NC(=O)/C=C/c1ccccc1)c1ccccc1. The molecule has 2 rings (SSSR count). The molecule has 0 spiro atoms. The maximum absolute atomic E-state index is 12.0. The number of amides is 1. The van der Waals surface area contributed by atoms with Gasteiger partial charge in [-0.15, -0.1) is 0 Å². The van der Waals surface area contributed by atoms with Crippen LogP contribution < -0.4 is 5.32 Å². The molecule has 0 heterocycles. The van der Waals surface area contributed by atoms with Gasteiger partial charge in [0, 0.05) is 6.08 Å². The molecular weight excluding hydrogens is 278 g/mol. The van der Waals surface area contributed by atoms with Gasteiger partial charge in [-0.3, -0.25) is 4.79 Å². The lowest BCUT2D eigenvalue weighted by Gasteiger charge is -2.15. The van der Waals surface area contributed by atoms with E-state index in [1.807, 2.05) is 36.4 Å². The molecule has 4 heteroatoms. The van der Waals surface area contributed by atoms with E-state index in [4.69, 9.17) is 4.74 Å². The normalized spacial score (nSPS) is 11.9. The maximum atomic E-state index is 12.0. The summed E-state index contributed by atoms with van der Waals surface area (Å²) in [5.74, 6) is -0.865. The summed E-state index contributed by atoms with van der Waals surface area (Å²) >= 11 is 0. The predicted octanol–water partition coefficient (Wildman–Crippen LogP) is 2.73. The highest BCUT2D eigenvalue weighted by molar-refractivity contribution is 5.94. The standard InChI is InChI=1S/C18H17NO3/c1-22-18(21)17(15-10-6-3-7-11-15)19-16(20)13-12-14-8-4-2-5-9-14/h2-13,17H,1H3,(H,19,20)/b13-12+. The third kappa shape index (κ3) is 4.31. The smallest absolute Gasteiger partial charge is 0.333 e. The van der Waals surface area contributed by atoms with Crippen LogP contribution >= 0.6 is 0 Å². The van der Waals surface area contributed by atoms with Crippen molar-refractivity contribution in [2.45, 2.75) is 6.04 Å². The molecule has 1 atom stereocenters. The molecule has 0 saturated carbocycles. The van der Waals surface area contributed by atoms with Gasteiger partial charge in [0.15, 0.2) is 6.04 Å². The van der Waals surface area contributed by atoms with Gasteiger partial charge in [-0.25, -0.2) is 4.79 Å². The van der Waals surface area contributed by atoms with Crippen LogP contribution in [-0.4, -0.2) is 19.0 Å². The third-order valence-electron chi connectivity index (χ3n) is 3.08. The van der Waals surface area contributed by atoms with E-state index in [1.165, 1.54) is 13.2 Å². The average molecular weight is 295 g/mol. The number of nitrogens with one attached hydrogen (secondary N) is 1. The van der Waals surface area contributed by atoms with Gasteiger partial charge in [0.25, 0.3) is 0 Å². The van der Waals surface area contributed by atoms with E-state index in [1.54, 1.807) is 30.3 Å². The van der Waals surface area contributed by atoms with E-state index >= 15 is 0 Å². The Kier molecular flexibility index (Phi) is 5.49. The minimum Gasteiger partial charge on any atom is -0.467 e. The first-order valence-electron chi connectivity index (χ1n) is 6.87. The first kappa shape index (κ1) is 15.5. The molecule has 2 aromatic carbocycles. The summed E-state index contributed by atoms with van der Waals surface area (Å²) in [6.07, 6.45) is 3.09. The number of hydrogen-bond acceptors (Lipinski definition) is 3. The van der Waals surface area contributed by atoms with E-state index < -0.39 is 12.0 Å². The number of rotatable bonds is 5. The quantitative estimate of drug-likeness (QED) is 0.681. The summed E-state index contributed by atoms with van der Waals surface area (Å²) in [4.78, 5) is 23.9. The largest absolute Gasteiger partial charge is 0.467 e. The maximum Gasteiger partial charge on any atom is 0.333 e. The lowest BCUT2D eigenvalue weighted by molar-refractivity contribution is -0.144. The van der Waals surface area contributed by atoms with Crippen LogP contribution in [0.15, 0.2) is 66.7 Å². The molecule has 1 amide bonds. The number of esters is 1. The van der Waals surface area contributed by atoms with E-state index in [-0.39, 0.29) is 5.91 Å². The summed E-state index contributed by atoms with van der Waals surface area (Å²) in [5, 5.41) is 2.65. The molecule has 1 unspecified atom stereocenters. The summed E-state index contributed by atoms with van der Waals surface area (Å²) in [6.45, 7) is 0. The molecule has 0 bridgehead atoms. The molecule has 22 heavy (non-hydrogen) atoms. The van der Waals surface area contributed by atoms with Crippen molar-refractivity contribution < 1.29 is 14.3 Å². The Morgan fingerprint density at radius 2 is 1.59 bits per heavy atom. The van der Waals surface area contributed by atoms with Gasteiger partial charge in [0.2, 0.25) is 5.91 Å². The number of methoxy groups -OCH3 is 1. The van der Waals surface area contributed by atoms with Crippen molar-refractivity contribution in [3.8, 4) is 0 Å². The second-order valence-corrected chi connectivity index (χ2v) is 4.62. The van der Waals surface area contributed by atoms with Gasteiger partial charge in [-0.2, -0.15) is 0 Å². The fraction of sp³-hybridized carbons (Fsp3) is 0.111. The zero-order valence-corrected chi connectivity index (χ0v) is 12.2. The Balaban J connectivity index is 2.09. The lowest BCUT2D eigenvalue weighted by Crippen LogP contribution is -2.33. The Morgan fingerprint density at radius 1 is 1.00 bits per heavy atom. The van der Waals surface area contributed by atoms with Gasteiger partial charge in [-0.05, 0) is 17.2 Å². The van der Waals surface area contributed by atoms with Crippen molar-refractivity contribution in [1.29, 1.82) is 0 Å². The van der Waals surface area contributed by atoms with E-state index in [0.717, 1.165) is 5.56 Å². The van der Waals surface area contributed by atoms with Crippen LogP contribution in [0.25, 0.3) is 6.08 Å². The third-order valence-corrected chi connectivity index (χ3v) is 3.08. The van der Waals surface area contributed by atoms with Crippen molar-refractivity contribution in [3.05, 3.63) is 77.9 Å². The van der Waals surface area contributed by atoms with Crippen LogP contribution in [0.2, 0.25) is 0 Å². The molecule has 0 radical (unpaired) electrons. The highest BCUT2D eigenvalue weighted by atomic mass is 16.5. The van der Waals surface area contributed by atoms with E-state index in [2.05, 4.69) is 5.32 Å². The Bertz CT molecular complexity index is 651. The Hall–Kier alpha value is -2.88. The van der Waals surface area contributed by atoms with Crippen LogP contribution in [0.5, 0.6) is 0 Å². The van der Waals surface area contributed by atoms with Gasteiger partial charge >= 0.3 is 5.97 Å². The first-order chi connectivity index (χ1) is 10.7. The molecular formula is C18H17NO3. The highest BCUT2D eigenvalue weighted by Crippen LogP contribution is 2.14. The minimum absolute atomic E-state index is 0.358. The number of benzene rings is 2. The molecule has 0 aliphatic rings. The predicted molar refractivity (Wildman–Crippen MR) is 84.8 cm³/mol. The lowest BCUT2D eigenvalue weighted by atomic mass is 10.1. The van der Waals surface area contributed by atoms with Crippen LogP contribution in [0.1, 0.15) is 17.2 Å². The summed E-state index contributed by atoms with van der Waals surface area (Å²) in [7, 11) is 1.30. The molecule has 0 aromatic heterocycles. The monoisotopic (exact) mass is 295 g/mol. The summed E-state index contributed by atoms with van der Waals surface area (Å²) < 4.78 is 4.75. The molecule has 112 valence electrons. The van der Waals surface area contributed by atoms with Crippen LogP contribution in [0.4, 0.5) is 0 Å². The van der Waals surface area contributed by atoms with E-state index in [0.29, 0.717) is 5.56 Å². The van der Waals surface area contributed by atoms with Crippen molar-refractivity contribution in [2.75, 3.05) is 7.11 Å². The summed E-state index contributed by atoms with van der Waals surface area (Å²) in [5.41, 5.74) is 1.59. The molecule has 1 N–H and O–H groups in total. The Labute approximate surface area is 129 Å². The van der Waals surface area contributed by atoms with Crippen LogP contribution in [-0.2, 0) is 14.3 Å². The molecule has 4 nitrogen and oxygen atoms in total. The van der Waals surface area contributed by atoms with Crippen molar-refractivity contribution in [2.24, 2.45) is 0 Å². The average Bonchev–Trinajstić information content (AvgIpc) is 2.59.